The van der Waals surface area contributed by atoms with E-state index in [0.717, 1.165) is 50.2 Å². The number of anilines is 1. The number of primary amides is 1. The second-order valence-electron chi connectivity index (χ2n) is 5.32. The Morgan fingerprint density at radius 3 is 2.75 bits per heavy atom. The number of piperidine rings is 1. The lowest BCUT2D eigenvalue weighted by molar-refractivity contribution is -0.119. The molecular formula is C14H21ClN4O. The van der Waals surface area contributed by atoms with E-state index >= 15 is 0 Å². The summed E-state index contributed by atoms with van der Waals surface area (Å²) in [5.74, 6) is 1.14. The van der Waals surface area contributed by atoms with E-state index in [2.05, 4.69) is 21.8 Å². The van der Waals surface area contributed by atoms with E-state index in [1.54, 1.807) is 0 Å². The Labute approximate surface area is 124 Å². The van der Waals surface area contributed by atoms with Gasteiger partial charge >= 0.3 is 0 Å². The van der Waals surface area contributed by atoms with E-state index in [-0.39, 0.29) is 5.91 Å². The van der Waals surface area contributed by atoms with Gasteiger partial charge in [0, 0.05) is 25.1 Å². The minimum atomic E-state index is -0.208. The molecule has 2 N–H and O–H groups in total. The van der Waals surface area contributed by atoms with Crippen LogP contribution in [0.3, 0.4) is 0 Å². The summed E-state index contributed by atoms with van der Waals surface area (Å²) < 4.78 is 0. The first-order valence-electron chi connectivity index (χ1n) is 7.14. The average molecular weight is 297 g/mol. The summed E-state index contributed by atoms with van der Waals surface area (Å²) in [5.41, 5.74) is 6.29. The van der Waals surface area contributed by atoms with Gasteiger partial charge in [0.05, 0.1) is 0 Å². The highest BCUT2D eigenvalue weighted by Crippen LogP contribution is 2.29. The predicted octanol–water partition coefficient (Wildman–Crippen LogP) is 2.17. The second kappa shape index (κ2) is 6.88. The topological polar surface area (TPSA) is 72.1 Å². The zero-order chi connectivity index (χ0) is 14.5. The van der Waals surface area contributed by atoms with Crippen LogP contribution in [0.25, 0.3) is 0 Å². The highest BCUT2D eigenvalue weighted by molar-refractivity contribution is 6.30. The van der Waals surface area contributed by atoms with E-state index in [1.807, 2.05) is 0 Å². The van der Waals surface area contributed by atoms with Crippen LogP contribution in [0.4, 0.5) is 5.82 Å². The zero-order valence-electron chi connectivity index (χ0n) is 11.8. The van der Waals surface area contributed by atoms with Crippen molar-refractivity contribution in [2.45, 2.75) is 39.0 Å². The van der Waals surface area contributed by atoms with Crippen molar-refractivity contribution in [3.05, 3.63) is 17.0 Å². The van der Waals surface area contributed by atoms with Crippen molar-refractivity contribution in [2.75, 3.05) is 18.0 Å². The van der Waals surface area contributed by atoms with Gasteiger partial charge in [-0.1, -0.05) is 24.9 Å². The maximum absolute atomic E-state index is 11.0. The van der Waals surface area contributed by atoms with Crippen LogP contribution >= 0.6 is 11.6 Å². The summed E-state index contributed by atoms with van der Waals surface area (Å²) in [6, 6.07) is 0. The van der Waals surface area contributed by atoms with Crippen LogP contribution in [-0.2, 0) is 11.2 Å². The molecule has 2 heterocycles. The van der Waals surface area contributed by atoms with Gasteiger partial charge in [-0.05, 0) is 25.2 Å². The first-order valence-corrected chi connectivity index (χ1v) is 7.52. The number of rotatable bonds is 5. The Bertz CT molecular complexity index is 472. The number of aromatic nitrogens is 2. The van der Waals surface area contributed by atoms with Crippen molar-refractivity contribution in [1.82, 2.24) is 9.97 Å². The van der Waals surface area contributed by atoms with Crippen molar-refractivity contribution in [2.24, 2.45) is 11.7 Å². The molecule has 0 spiro atoms. The maximum Gasteiger partial charge on any atom is 0.217 e. The smallest absolute Gasteiger partial charge is 0.217 e. The monoisotopic (exact) mass is 296 g/mol. The molecule has 6 heteroatoms. The fourth-order valence-electron chi connectivity index (χ4n) is 2.75. The lowest BCUT2D eigenvalue weighted by Crippen LogP contribution is -2.36. The highest BCUT2D eigenvalue weighted by atomic mass is 35.5. The van der Waals surface area contributed by atoms with Crippen molar-refractivity contribution < 1.29 is 4.79 Å². The third-order valence-corrected chi connectivity index (χ3v) is 4.10. The minimum absolute atomic E-state index is 0.208. The third kappa shape index (κ3) is 3.60. The summed E-state index contributed by atoms with van der Waals surface area (Å²) >= 11 is 6.19. The molecule has 1 aliphatic heterocycles. The van der Waals surface area contributed by atoms with Gasteiger partial charge in [0.2, 0.25) is 5.91 Å². The van der Waals surface area contributed by atoms with E-state index in [4.69, 9.17) is 17.3 Å². The molecule has 2 rings (SSSR count). The number of nitrogens with two attached hydrogens (primary N) is 1. The number of carbonyl (C=O) groups is 1. The van der Waals surface area contributed by atoms with Crippen LogP contribution in [-0.4, -0.2) is 29.0 Å². The molecule has 1 aromatic rings. The summed E-state index contributed by atoms with van der Waals surface area (Å²) in [4.78, 5) is 21.7. The summed E-state index contributed by atoms with van der Waals surface area (Å²) in [5, 5.41) is 0.552. The molecule has 0 aromatic carbocycles. The lowest BCUT2D eigenvalue weighted by Gasteiger charge is -2.33. The minimum Gasteiger partial charge on any atom is -0.370 e. The van der Waals surface area contributed by atoms with Gasteiger partial charge in [0.25, 0.3) is 0 Å². The molecule has 0 atom stereocenters. The van der Waals surface area contributed by atoms with Gasteiger partial charge in [-0.25, -0.2) is 9.97 Å². The van der Waals surface area contributed by atoms with Crippen LogP contribution in [0.1, 0.15) is 38.2 Å². The van der Waals surface area contributed by atoms with E-state index in [1.165, 1.54) is 6.33 Å². The lowest BCUT2D eigenvalue weighted by atomic mass is 9.93. The fourth-order valence-corrected chi connectivity index (χ4v) is 2.98. The molecule has 1 saturated heterocycles. The molecule has 1 fully saturated rings. The largest absolute Gasteiger partial charge is 0.370 e. The number of carbonyl (C=O) groups excluding carboxylic acids is 1. The van der Waals surface area contributed by atoms with Gasteiger partial charge in [0.15, 0.2) is 0 Å². The van der Waals surface area contributed by atoms with E-state index in [9.17, 15) is 4.79 Å². The molecule has 0 unspecified atom stereocenters. The number of amides is 1. The van der Waals surface area contributed by atoms with E-state index in [0.29, 0.717) is 17.5 Å². The molecular weight excluding hydrogens is 276 g/mol. The Morgan fingerprint density at radius 1 is 1.45 bits per heavy atom. The number of hydrogen-bond acceptors (Lipinski definition) is 4. The van der Waals surface area contributed by atoms with Gasteiger partial charge in [-0.2, -0.15) is 0 Å². The van der Waals surface area contributed by atoms with Gasteiger partial charge < -0.3 is 10.6 Å². The number of halogens is 1. The predicted molar refractivity (Wildman–Crippen MR) is 79.8 cm³/mol. The molecule has 1 amide bonds. The van der Waals surface area contributed by atoms with Crippen molar-refractivity contribution in [1.29, 1.82) is 0 Å². The molecule has 0 bridgehead atoms. The van der Waals surface area contributed by atoms with Gasteiger partial charge in [0.1, 0.15) is 17.3 Å². The highest BCUT2D eigenvalue weighted by Gasteiger charge is 2.23. The van der Waals surface area contributed by atoms with Crippen LogP contribution in [0.2, 0.25) is 5.15 Å². The second-order valence-corrected chi connectivity index (χ2v) is 5.68. The molecule has 5 nitrogen and oxygen atoms in total. The number of nitrogens with zero attached hydrogens (tertiary/aromatic N) is 3. The zero-order valence-corrected chi connectivity index (χ0v) is 12.6. The van der Waals surface area contributed by atoms with Crippen molar-refractivity contribution in [3.8, 4) is 0 Å². The van der Waals surface area contributed by atoms with Gasteiger partial charge in [-0.3, -0.25) is 4.79 Å². The summed E-state index contributed by atoms with van der Waals surface area (Å²) in [6.07, 6.45) is 5.84. The van der Waals surface area contributed by atoms with Crippen molar-refractivity contribution >= 4 is 23.3 Å². The van der Waals surface area contributed by atoms with Crippen LogP contribution < -0.4 is 10.6 Å². The summed E-state index contributed by atoms with van der Waals surface area (Å²) in [6.45, 7) is 3.90. The summed E-state index contributed by atoms with van der Waals surface area (Å²) in [7, 11) is 0. The molecule has 0 saturated carbocycles. The molecule has 110 valence electrons. The molecule has 0 radical (unpaired) electrons. The molecule has 0 aliphatic carbocycles. The third-order valence-electron chi connectivity index (χ3n) is 3.77. The first kappa shape index (κ1) is 15.0. The SMILES string of the molecule is CCCc1c(Cl)ncnc1N1CCC(CC(N)=O)CC1. The Hall–Kier alpha value is -1.36. The van der Waals surface area contributed by atoms with Gasteiger partial charge in [-0.15, -0.1) is 0 Å². The van der Waals surface area contributed by atoms with Crippen LogP contribution in [0.5, 0.6) is 0 Å². The van der Waals surface area contributed by atoms with E-state index < -0.39 is 0 Å². The Balaban J connectivity index is 2.07. The number of hydrogen-bond donors (Lipinski definition) is 1. The van der Waals surface area contributed by atoms with Crippen LogP contribution in [0.15, 0.2) is 6.33 Å². The molecule has 1 aromatic heterocycles. The normalized spacial score (nSPS) is 16.4. The standard InChI is InChI=1S/C14H21ClN4O/c1-2-3-11-13(15)17-9-18-14(11)19-6-4-10(5-7-19)8-12(16)20/h9-10H,2-8H2,1H3,(H2,16,20). The molecule has 20 heavy (non-hydrogen) atoms. The first-order chi connectivity index (χ1) is 9.61. The average Bonchev–Trinajstić information content (AvgIpc) is 2.42. The Kier molecular flexibility index (Phi) is 5.17. The fraction of sp³-hybridized carbons (Fsp3) is 0.643. The van der Waals surface area contributed by atoms with Crippen LogP contribution in [0, 0.1) is 5.92 Å². The maximum atomic E-state index is 11.0. The Morgan fingerprint density at radius 2 is 2.15 bits per heavy atom. The quantitative estimate of drug-likeness (QED) is 0.845. The van der Waals surface area contributed by atoms with Crippen molar-refractivity contribution in [3.63, 3.8) is 0 Å². The molecule has 1 aliphatic rings.